The van der Waals surface area contributed by atoms with Crippen LogP contribution in [0.4, 0.5) is 0 Å². The third-order valence-corrected chi connectivity index (χ3v) is 4.55. The average Bonchev–Trinajstić information content (AvgIpc) is 2.48. The van der Waals surface area contributed by atoms with Gasteiger partial charge in [0.1, 0.15) is 5.75 Å². The van der Waals surface area contributed by atoms with Crippen molar-refractivity contribution in [3.8, 4) is 5.75 Å². The van der Waals surface area contributed by atoms with Gasteiger partial charge in [-0.25, -0.2) is 0 Å². The Hall–Kier alpha value is -1.03. The minimum Gasteiger partial charge on any atom is -0.497 e. The van der Waals surface area contributed by atoms with Crippen molar-refractivity contribution in [1.82, 2.24) is 5.32 Å². The van der Waals surface area contributed by atoms with Gasteiger partial charge in [0.05, 0.1) is 13.2 Å². The smallest absolute Gasteiger partial charge is 0.120 e. The molecule has 112 valence electrons. The molecule has 1 atom stereocenters. The first kappa shape index (κ1) is 16.3. The lowest BCUT2D eigenvalue weighted by atomic mass is 9.97. The molecule has 0 heterocycles. The maximum absolute atomic E-state index is 6.13. The fourth-order valence-electron chi connectivity index (χ4n) is 2.33. The zero-order valence-corrected chi connectivity index (χ0v) is 14.8. The van der Waals surface area contributed by atoms with E-state index in [9.17, 15) is 0 Å². The Labute approximate surface area is 139 Å². The molecule has 0 amide bonds. The summed E-state index contributed by atoms with van der Waals surface area (Å²) in [5, 5.41) is 4.32. The number of halogens is 2. The summed E-state index contributed by atoms with van der Waals surface area (Å²) in [5.74, 6) is 0.841. The first-order chi connectivity index (χ1) is 10.1. The second-order valence-corrected chi connectivity index (χ2v) is 6.15. The lowest BCUT2D eigenvalue weighted by molar-refractivity contribution is 0.414. The fraction of sp³-hybridized carbons (Fsp3) is 0.294. The van der Waals surface area contributed by atoms with E-state index in [4.69, 9.17) is 16.3 Å². The lowest BCUT2D eigenvalue weighted by Gasteiger charge is -2.21. The van der Waals surface area contributed by atoms with E-state index < -0.39 is 0 Å². The van der Waals surface area contributed by atoms with Crippen LogP contribution in [-0.4, -0.2) is 13.7 Å². The molecule has 0 fully saturated rings. The molecule has 0 aromatic heterocycles. The van der Waals surface area contributed by atoms with Crippen molar-refractivity contribution in [2.75, 3.05) is 13.7 Å². The summed E-state index contributed by atoms with van der Waals surface area (Å²) in [7, 11) is 1.67. The van der Waals surface area contributed by atoms with Gasteiger partial charge < -0.3 is 10.1 Å². The van der Waals surface area contributed by atoms with E-state index in [0.717, 1.165) is 27.4 Å². The molecule has 1 N–H and O–H groups in total. The molecule has 2 aromatic carbocycles. The number of hydrogen-bond acceptors (Lipinski definition) is 2. The van der Waals surface area contributed by atoms with Gasteiger partial charge in [-0.05, 0) is 48.4 Å². The van der Waals surface area contributed by atoms with Crippen LogP contribution < -0.4 is 10.1 Å². The fourth-order valence-corrected chi connectivity index (χ4v) is 3.03. The molecule has 0 saturated heterocycles. The largest absolute Gasteiger partial charge is 0.497 e. The van der Waals surface area contributed by atoms with E-state index in [1.165, 1.54) is 11.1 Å². The Morgan fingerprint density at radius 2 is 2.00 bits per heavy atom. The summed E-state index contributed by atoms with van der Waals surface area (Å²) in [5.41, 5.74) is 3.46. The molecule has 2 aromatic rings. The molecule has 0 saturated carbocycles. The molecule has 2 rings (SSSR count). The summed E-state index contributed by atoms with van der Waals surface area (Å²) in [6.07, 6.45) is 0. The Morgan fingerprint density at radius 3 is 2.57 bits per heavy atom. The minimum atomic E-state index is 0.117. The van der Waals surface area contributed by atoms with Crippen LogP contribution in [-0.2, 0) is 0 Å². The van der Waals surface area contributed by atoms with E-state index in [0.29, 0.717) is 0 Å². The van der Waals surface area contributed by atoms with Crippen LogP contribution in [0.15, 0.2) is 40.9 Å². The van der Waals surface area contributed by atoms with Crippen molar-refractivity contribution in [1.29, 1.82) is 0 Å². The van der Waals surface area contributed by atoms with Gasteiger partial charge in [0, 0.05) is 9.50 Å². The van der Waals surface area contributed by atoms with Crippen molar-refractivity contribution >= 4 is 27.5 Å². The van der Waals surface area contributed by atoms with Crippen molar-refractivity contribution in [3.05, 3.63) is 62.6 Å². The Balaban J connectivity index is 2.45. The number of nitrogens with one attached hydrogen (secondary N) is 1. The van der Waals surface area contributed by atoms with E-state index in [1.807, 2.05) is 25.1 Å². The minimum absolute atomic E-state index is 0.117. The second kappa shape index (κ2) is 7.30. The van der Waals surface area contributed by atoms with Crippen molar-refractivity contribution < 1.29 is 4.74 Å². The number of benzene rings is 2. The predicted octanol–water partition coefficient (Wildman–Crippen LogP) is 5.12. The van der Waals surface area contributed by atoms with E-state index in [1.54, 1.807) is 7.11 Å². The van der Waals surface area contributed by atoms with Gasteiger partial charge in [-0.3, -0.25) is 0 Å². The van der Waals surface area contributed by atoms with Crippen LogP contribution in [0, 0.1) is 6.92 Å². The number of rotatable bonds is 5. The third kappa shape index (κ3) is 3.79. The van der Waals surface area contributed by atoms with Gasteiger partial charge in [-0.2, -0.15) is 0 Å². The Kier molecular flexibility index (Phi) is 5.68. The zero-order valence-electron chi connectivity index (χ0n) is 12.4. The Bertz CT molecular complexity index is 630. The van der Waals surface area contributed by atoms with Crippen LogP contribution in [0.5, 0.6) is 5.75 Å². The van der Waals surface area contributed by atoms with Gasteiger partial charge in [0.2, 0.25) is 0 Å². The highest BCUT2D eigenvalue weighted by molar-refractivity contribution is 9.10. The lowest BCUT2D eigenvalue weighted by Crippen LogP contribution is -2.22. The van der Waals surface area contributed by atoms with Gasteiger partial charge in [0.15, 0.2) is 0 Å². The second-order valence-electron chi connectivity index (χ2n) is 4.89. The van der Waals surface area contributed by atoms with E-state index in [-0.39, 0.29) is 6.04 Å². The molecule has 0 aliphatic rings. The molecule has 1 unspecified atom stereocenters. The van der Waals surface area contributed by atoms with Crippen LogP contribution in [0.2, 0.25) is 5.02 Å². The summed E-state index contributed by atoms with van der Waals surface area (Å²) in [4.78, 5) is 0. The van der Waals surface area contributed by atoms with Crippen LogP contribution in [0.3, 0.4) is 0 Å². The normalized spacial score (nSPS) is 12.2. The molecule has 0 radical (unpaired) electrons. The van der Waals surface area contributed by atoms with Crippen molar-refractivity contribution in [2.45, 2.75) is 19.9 Å². The monoisotopic (exact) mass is 367 g/mol. The Morgan fingerprint density at radius 1 is 1.24 bits per heavy atom. The molecular weight excluding hydrogens is 350 g/mol. The van der Waals surface area contributed by atoms with Crippen LogP contribution in [0.1, 0.15) is 29.7 Å². The van der Waals surface area contributed by atoms with Gasteiger partial charge in [-0.15, -0.1) is 0 Å². The zero-order chi connectivity index (χ0) is 15.4. The highest BCUT2D eigenvalue weighted by Gasteiger charge is 2.17. The molecule has 0 aliphatic carbocycles. The third-order valence-electron chi connectivity index (χ3n) is 3.44. The van der Waals surface area contributed by atoms with Crippen LogP contribution in [0.25, 0.3) is 0 Å². The van der Waals surface area contributed by atoms with Crippen molar-refractivity contribution in [3.63, 3.8) is 0 Å². The summed E-state index contributed by atoms with van der Waals surface area (Å²) >= 11 is 9.78. The first-order valence-electron chi connectivity index (χ1n) is 6.89. The SMILES string of the molecule is CCNC(c1ccc(Cl)c(C)c1)c1ccc(OC)cc1Br. The summed E-state index contributed by atoms with van der Waals surface area (Å²) in [6, 6.07) is 12.3. The molecule has 4 heteroatoms. The standard InChI is InChI=1S/C17H19BrClNO/c1-4-20-17(12-5-8-16(19)11(2)9-12)14-7-6-13(21-3)10-15(14)18/h5-10,17,20H,4H2,1-3H3. The van der Waals surface area contributed by atoms with E-state index >= 15 is 0 Å². The summed E-state index contributed by atoms with van der Waals surface area (Å²) in [6.45, 7) is 5.01. The highest BCUT2D eigenvalue weighted by Crippen LogP contribution is 2.32. The highest BCUT2D eigenvalue weighted by atomic mass is 79.9. The van der Waals surface area contributed by atoms with Gasteiger partial charge in [0.25, 0.3) is 0 Å². The summed E-state index contributed by atoms with van der Waals surface area (Å²) < 4.78 is 6.29. The van der Waals surface area contributed by atoms with E-state index in [2.05, 4.69) is 46.4 Å². The first-order valence-corrected chi connectivity index (χ1v) is 8.06. The number of aryl methyl sites for hydroxylation is 1. The molecular formula is C17H19BrClNO. The van der Waals surface area contributed by atoms with Crippen LogP contribution >= 0.6 is 27.5 Å². The molecule has 0 aliphatic heterocycles. The van der Waals surface area contributed by atoms with Gasteiger partial charge >= 0.3 is 0 Å². The van der Waals surface area contributed by atoms with Crippen molar-refractivity contribution in [2.24, 2.45) is 0 Å². The number of methoxy groups -OCH3 is 1. The predicted molar refractivity (Wildman–Crippen MR) is 92.4 cm³/mol. The van der Waals surface area contributed by atoms with Gasteiger partial charge in [-0.1, -0.05) is 52.7 Å². The quantitative estimate of drug-likeness (QED) is 0.791. The molecule has 2 nitrogen and oxygen atoms in total. The topological polar surface area (TPSA) is 21.3 Å². The number of hydrogen-bond donors (Lipinski definition) is 1. The molecule has 21 heavy (non-hydrogen) atoms. The maximum Gasteiger partial charge on any atom is 0.120 e. The average molecular weight is 369 g/mol. The number of ether oxygens (including phenoxy) is 1. The maximum atomic E-state index is 6.13. The molecule has 0 bridgehead atoms. The molecule has 0 spiro atoms.